The van der Waals surface area contributed by atoms with Crippen LogP contribution in [0.4, 0.5) is 0 Å². The van der Waals surface area contributed by atoms with Crippen LogP contribution in [0.15, 0.2) is 71.1 Å². The molecule has 3 heterocycles. The fourth-order valence-electron chi connectivity index (χ4n) is 3.04. The van der Waals surface area contributed by atoms with Gasteiger partial charge in [0.25, 0.3) is 0 Å². The minimum absolute atomic E-state index is 0.0744. The molecule has 0 bridgehead atoms. The largest absolute Gasteiger partial charge is 0.352 e. The highest BCUT2D eigenvalue weighted by Crippen LogP contribution is 2.31. The lowest BCUT2D eigenvalue weighted by molar-refractivity contribution is -0.237. The van der Waals surface area contributed by atoms with Crippen LogP contribution in [0.25, 0.3) is 16.3 Å². The van der Waals surface area contributed by atoms with Crippen LogP contribution in [-0.2, 0) is 24.2 Å². The SMILES string of the molecule is COC1C=CC(CNS(=O)(=O)c2cn(-c3ccccc3)nc2-c2cccs2)(OC)O1. The third-order valence-corrected chi connectivity index (χ3v) is 6.93. The first-order valence-electron chi connectivity index (χ1n) is 9.10. The molecule has 2 atom stereocenters. The van der Waals surface area contributed by atoms with Gasteiger partial charge in [0.2, 0.25) is 15.8 Å². The van der Waals surface area contributed by atoms with E-state index in [1.54, 1.807) is 16.8 Å². The van der Waals surface area contributed by atoms with Crippen molar-refractivity contribution in [2.45, 2.75) is 17.0 Å². The fourth-order valence-corrected chi connectivity index (χ4v) is 5.02. The Bertz CT molecular complexity index is 1130. The molecular formula is C20H21N3O5S2. The molecule has 0 aliphatic carbocycles. The molecule has 4 rings (SSSR count). The van der Waals surface area contributed by atoms with Crippen LogP contribution in [0.3, 0.4) is 0 Å². The second-order valence-corrected chi connectivity index (χ2v) is 9.20. The van der Waals surface area contributed by atoms with Gasteiger partial charge in [-0.2, -0.15) is 5.10 Å². The molecule has 8 nitrogen and oxygen atoms in total. The van der Waals surface area contributed by atoms with E-state index in [0.717, 1.165) is 10.6 Å². The van der Waals surface area contributed by atoms with Gasteiger partial charge in [0.15, 0.2) is 6.29 Å². The predicted molar refractivity (Wildman–Crippen MR) is 113 cm³/mol. The summed E-state index contributed by atoms with van der Waals surface area (Å²) in [5.41, 5.74) is 1.14. The Labute approximate surface area is 178 Å². The van der Waals surface area contributed by atoms with E-state index in [1.165, 1.54) is 31.8 Å². The lowest BCUT2D eigenvalue weighted by Crippen LogP contribution is -2.44. The Morgan fingerprint density at radius 3 is 2.67 bits per heavy atom. The maximum Gasteiger partial charge on any atom is 0.244 e. The Morgan fingerprint density at radius 2 is 2.03 bits per heavy atom. The molecule has 2 unspecified atom stereocenters. The summed E-state index contributed by atoms with van der Waals surface area (Å²) in [4.78, 5) is 0.827. The molecule has 0 saturated heterocycles. The molecule has 0 saturated carbocycles. The van der Waals surface area contributed by atoms with Crippen LogP contribution in [-0.4, -0.2) is 51.0 Å². The molecule has 158 valence electrons. The molecule has 10 heteroatoms. The number of nitrogens with zero attached hydrogens (tertiary/aromatic N) is 2. The summed E-state index contributed by atoms with van der Waals surface area (Å²) in [5, 5.41) is 6.42. The van der Waals surface area contributed by atoms with Crippen LogP contribution in [0.2, 0.25) is 0 Å². The Balaban J connectivity index is 1.66. The number of hydrogen-bond donors (Lipinski definition) is 1. The molecular weight excluding hydrogens is 426 g/mol. The smallest absolute Gasteiger partial charge is 0.244 e. The van der Waals surface area contributed by atoms with Gasteiger partial charge in [-0.05, 0) is 35.7 Å². The molecule has 0 spiro atoms. The fraction of sp³-hybridized carbons (Fsp3) is 0.250. The van der Waals surface area contributed by atoms with Crippen LogP contribution in [0.5, 0.6) is 0 Å². The number of aromatic nitrogens is 2. The van der Waals surface area contributed by atoms with Crippen molar-refractivity contribution < 1.29 is 22.6 Å². The zero-order chi connectivity index (χ0) is 21.2. The normalized spacial score (nSPS) is 21.3. The first-order chi connectivity index (χ1) is 14.5. The van der Waals surface area contributed by atoms with Crippen LogP contribution in [0, 0.1) is 0 Å². The summed E-state index contributed by atoms with van der Waals surface area (Å²) in [5.74, 6) is -1.24. The van der Waals surface area contributed by atoms with Gasteiger partial charge in [-0.3, -0.25) is 0 Å². The van der Waals surface area contributed by atoms with E-state index >= 15 is 0 Å². The third kappa shape index (κ3) is 4.10. The summed E-state index contributed by atoms with van der Waals surface area (Å²) < 4.78 is 46.8. The van der Waals surface area contributed by atoms with Crippen molar-refractivity contribution in [1.82, 2.24) is 14.5 Å². The van der Waals surface area contributed by atoms with Crippen molar-refractivity contribution in [3.63, 3.8) is 0 Å². The van der Waals surface area contributed by atoms with Crippen molar-refractivity contribution in [3.8, 4) is 16.3 Å². The lowest BCUT2D eigenvalue weighted by Gasteiger charge is -2.27. The lowest BCUT2D eigenvalue weighted by atomic mass is 10.3. The highest BCUT2D eigenvalue weighted by Gasteiger charge is 2.38. The zero-order valence-electron chi connectivity index (χ0n) is 16.4. The van der Waals surface area contributed by atoms with Crippen LogP contribution in [0.1, 0.15) is 0 Å². The molecule has 1 N–H and O–H groups in total. The number of hydrogen-bond acceptors (Lipinski definition) is 7. The quantitative estimate of drug-likeness (QED) is 0.534. The van der Waals surface area contributed by atoms with E-state index in [9.17, 15) is 8.42 Å². The highest BCUT2D eigenvalue weighted by molar-refractivity contribution is 7.89. The maximum absolute atomic E-state index is 13.2. The van der Waals surface area contributed by atoms with E-state index in [0.29, 0.717) is 5.69 Å². The third-order valence-electron chi connectivity index (χ3n) is 4.65. The standard InChI is InChI=1S/C20H21N3O5S2/c1-26-18-10-11-20(27-2,28-18)14-21-30(24,25)17-13-23(15-7-4-3-5-8-15)22-19(17)16-9-6-12-29-16/h3-13,18,21H,14H2,1-2H3. The second-order valence-electron chi connectivity index (χ2n) is 6.52. The van der Waals surface area contributed by atoms with E-state index in [2.05, 4.69) is 9.82 Å². The molecule has 3 aromatic rings. The molecule has 1 aliphatic rings. The summed E-state index contributed by atoms with van der Waals surface area (Å²) in [7, 11) is -0.984. The van der Waals surface area contributed by atoms with Crippen LogP contribution >= 0.6 is 11.3 Å². The average Bonchev–Trinajstić information content (AvgIpc) is 3.52. The van der Waals surface area contributed by atoms with Gasteiger partial charge >= 0.3 is 0 Å². The molecule has 0 fully saturated rings. The van der Waals surface area contributed by atoms with Gasteiger partial charge < -0.3 is 14.2 Å². The minimum Gasteiger partial charge on any atom is -0.352 e. The van der Waals surface area contributed by atoms with Crippen molar-refractivity contribution in [3.05, 3.63) is 66.2 Å². The molecule has 0 radical (unpaired) electrons. The first kappa shape index (κ1) is 20.9. The van der Waals surface area contributed by atoms with Gasteiger partial charge in [0.05, 0.1) is 23.3 Å². The summed E-state index contributed by atoms with van der Waals surface area (Å²) in [6, 6.07) is 13.0. The number of ether oxygens (including phenoxy) is 3. The van der Waals surface area contributed by atoms with Crippen molar-refractivity contribution in [2.75, 3.05) is 20.8 Å². The van der Waals surface area contributed by atoms with Gasteiger partial charge in [0.1, 0.15) is 10.6 Å². The van der Waals surface area contributed by atoms with Crippen LogP contribution < -0.4 is 4.72 Å². The molecule has 0 amide bonds. The number of rotatable bonds is 8. The Kier molecular flexibility index (Phi) is 5.87. The first-order valence-corrected chi connectivity index (χ1v) is 11.5. The van der Waals surface area contributed by atoms with Crippen molar-refractivity contribution >= 4 is 21.4 Å². The summed E-state index contributed by atoms with van der Waals surface area (Å²) in [6.07, 6.45) is 4.21. The number of sulfonamides is 1. The minimum atomic E-state index is -3.93. The molecule has 30 heavy (non-hydrogen) atoms. The van der Waals surface area contributed by atoms with Gasteiger partial charge in [-0.25, -0.2) is 17.8 Å². The van der Waals surface area contributed by atoms with E-state index < -0.39 is 22.1 Å². The Morgan fingerprint density at radius 1 is 1.23 bits per heavy atom. The number of nitrogens with one attached hydrogen (secondary N) is 1. The number of thiophene rings is 1. The topological polar surface area (TPSA) is 91.7 Å². The average molecular weight is 448 g/mol. The maximum atomic E-state index is 13.2. The van der Waals surface area contributed by atoms with E-state index in [4.69, 9.17) is 14.2 Å². The summed E-state index contributed by atoms with van der Waals surface area (Å²) >= 11 is 1.42. The van der Waals surface area contributed by atoms with E-state index in [1.807, 2.05) is 47.8 Å². The van der Waals surface area contributed by atoms with E-state index in [-0.39, 0.29) is 11.4 Å². The summed E-state index contributed by atoms with van der Waals surface area (Å²) in [6.45, 7) is -0.122. The second kappa shape index (κ2) is 8.42. The molecule has 2 aromatic heterocycles. The zero-order valence-corrected chi connectivity index (χ0v) is 18.0. The number of methoxy groups -OCH3 is 2. The van der Waals surface area contributed by atoms with Gasteiger partial charge in [-0.15, -0.1) is 11.3 Å². The number of para-hydroxylation sites is 1. The Hall–Kier alpha value is -2.34. The van der Waals surface area contributed by atoms with Crippen molar-refractivity contribution in [1.29, 1.82) is 0 Å². The van der Waals surface area contributed by atoms with Gasteiger partial charge in [-0.1, -0.05) is 24.3 Å². The predicted octanol–water partition coefficient (Wildman–Crippen LogP) is 2.78. The van der Waals surface area contributed by atoms with Crippen molar-refractivity contribution in [2.24, 2.45) is 0 Å². The number of benzene rings is 1. The molecule has 1 aromatic carbocycles. The molecule has 1 aliphatic heterocycles. The monoisotopic (exact) mass is 447 g/mol. The highest BCUT2D eigenvalue weighted by atomic mass is 32.2. The van der Waals surface area contributed by atoms with Gasteiger partial charge in [0, 0.05) is 14.2 Å².